The Morgan fingerprint density at radius 1 is 1.50 bits per heavy atom. The van der Waals surface area contributed by atoms with E-state index in [-0.39, 0.29) is 12.5 Å². The number of carboxylic acid groups (broad SMARTS) is 1. The van der Waals surface area contributed by atoms with E-state index in [2.05, 4.69) is 0 Å². The van der Waals surface area contributed by atoms with Crippen molar-refractivity contribution in [2.45, 2.75) is 30.8 Å². The standard InChI is InChI=1S/C10H16N2O4/c11-10(3-5-16-6-10)9(15)12-4-1-2-7(12)8(13)14/h7H,1-6,11H2,(H,13,14)/t7-,10?/m0/s1. The lowest BCUT2D eigenvalue weighted by Gasteiger charge is -2.29. The van der Waals surface area contributed by atoms with E-state index in [1.165, 1.54) is 4.90 Å². The van der Waals surface area contributed by atoms with Crippen LogP contribution in [0.15, 0.2) is 0 Å². The molecule has 0 spiro atoms. The molecule has 6 heteroatoms. The Kier molecular flexibility index (Phi) is 2.86. The van der Waals surface area contributed by atoms with Crippen LogP contribution in [0.1, 0.15) is 19.3 Å². The zero-order valence-corrected chi connectivity index (χ0v) is 9.02. The third-order valence-electron chi connectivity index (χ3n) is 3.28. The summed E-state index contributed by atoms with van der Waals surface area (Å²) in [7, 11) is 0. The molecule has 2 atom stereocenters. The van der Waals surface area contributed by atoms with Gasteiger partial charge in [-0.15, -0.1) is 0 Å². The van der Waals surface area contributed by atoms with Gasteiger partial charge in [0, 0.05) is 13.2 Å². The second-order valence-electron chi connectivity index (χ2n) is 4.45. The Morgan fingerprint density at radius 3 is 2.81 bits per heavy atom. The van der Waals surface area contributed by atoms with E-state index >= 15 is 0 Å². The second-order valence-corrected chi connectivity index (χ2v) is 4.45. The highest BCUT2D eigenvalue weighted by Gasteiger charge is 2.45. The van der Waals surface area contributed by atoms with Gasteiger partial charge in [0.15, 0.2) is 0 Å². The van der Waals surface area contributed by atoms with Gasteiger partial charge < -0.3 is 20.5 Å². The molecule has 2 heterocycles. The van der Waals surface area contributed by atoms with E-state index in [1.807, 2.05) is 0 Å². The molecule has 2 aliphatic heterocycles. The maximum absolute atomic E-state index is 12.1. The Balaban J connectivity index is 2.12. The molecule has 1 unspecified atom stereocenters. The summed E-state index contributed by atoms with van der Waals surface area (Å²) in [6, 6.07) is -0.714. The third kappa shape index (κ3) is 1.78. The topological polar surface area (TPSA) is 92.9 Å². The van der Waals surface area contributed by atoms with Gasteiger partial charge in [-0.05, 0) is 19.3 Å². The number of ether oxygens (including phenoxy) is 1. The summed E-state index contributed by atoms with van der Waals surface area (Å²) in [6.45, 7) is 1.14. The number of amides is 1. The molecule has 2 fully saturated rings. The van der Waals surface area contributed by atoms with E-state index in [4.69, 9.17) is 15.6 Å². The van der Waals surface area contributed by atoms with Crippen molar-refractivity contribution >= 4 is 11.9 Å². The number of likely N-dealkylation sites (tertiary alicyclic amines) is 1. The van der Waals surface area contributed by atoms with Crippen LogP contribution in [0.3, 0.4) is 0 Å². The highest BCUT2D eigenvalue weighted by Crippen LogP contribution is 2.25. The quantitative estimate of drug-likeness (QED) is 0.644. The van der Waals surface area contributed by atoms with Crippen LogP contribution >= 0.6 is 0 Å². The molecule has 0 saturated carbocycles. The maximum Gasteiger partial charge on any atom is 0.326 e. The molecule has 0 aromatic carbocycles. The fourth-order valence-electron chi connectivity index (χ4n) is 2.30. The fourth-order valence-corrected chi connectivity index (χ4v) is 2.30. The number of hydrogen-bond acceptors (Lipinski definition) is 4. The lowest BCUT2D eigenvalue weighted by atomic mass is 9.98. The van der Waals surface area contributed by atoms with Crippen molar-refractivity contribution in [2.75, 3.05) is 19.8 Å². The monoisotopic (exact) mass is 228 g/mol. The van der Waals surface area contributed by atoms with Crippen LogP contribution in [0.5, 0.6) is 0 Å². The van der Waals surface area contributed by atoms with Crippen LogP contribution in [-0.2, 0) is 14.3 Å². The minimum absolute atomic E-state index is 0.189. The number of carbonyl (C=O) groups excluding carboxylic acids is 1. The van der Waals surface area contributed by atoms with Gasteiger partial charge in [0.2, 0.25) is 5.91 Å². The summed E-state index contributed by atoms with van der Waals surface area (Å²) in [5, 5.41) is 8.99. The molecule has 0 aromatic heterocycles. The molecule has 6 nitrogen and oxygen atoms in total. The van der Waals surface area contributed by atoms with E-state index in [0.717, 1.165) is 6.42 Å². The van der Waals surface area contributed by atoms with Gasteiger partial charge in [-0.1, -0.05) is 0 Å². The zero-order valence-electron chi connectivity index (χ0n) is 9.02. The first-order valence-corrected chi connectivity index (χ1v) is 5.45. The number of rotatable bonds is 2. The fraction of sp³-hybridized carbons (Fsp3) is 0.800. The van der Waals surface area contributed by atoms with Crippen molar-refractivity contribution in [1.29, 1.82) is 0 Å². The highest BCUT2D eigenvalue weighted by molar-refractivity contribution is 5.90. The number of carboxylic acids is 1. The van der Waals surface area contributed by atoms with Crippen molar-refractivity contribution in [3.8, 4) is 0 Å². The molecule has 0 aliphatic carbocycles. The lowest BCUT2D eigenvalue weighted by molar-refractivity contribution is -0.150. The van der Waals surface area contributed by atoms with E-state index in [1.54, 1.807) is 0 Å². The average Bonchev–Trinajstić information content (AvgIpc) is 2.85. The van der Waals surface area contributed by atoms with Crippen molar-refractivity contribution < 1.29 is 19.4 Å². The average molecular weight is 228 g/mol. The largest absolute Gasteiger partial charge is 0.480 e. The van der Waals surface area contributed by atoms with Crippen LogP contribution in [0.2, 0.25) is 0 Å². The summed E-state index contributed by atoms with van der Waals surface area (Å²) in [5.74, 6) is -1.23. The summed E-state index contributed by atoms with van der Waals surface area (Å²) in [5.41, 5.74) is 4.92. The third-order valence-corrected chi connectivity index (χ3v) is 3.28. The number of nitrogens with two attached hydrogens (primary N) is 1. The summed E-state index contributed by atoms with van der Waals surface area (Å²) in [4.78, 5) is 24.5. The SMILES string of the molecule is NC1(C(=O)N2CCC[C@H]2C(=O)O)CCOC1. The predicted molar refractivity (Wildman–Crippen MR) is 54.7 cm³/mol. The van der Waals surface area contributed by atoms with Gasteiger partial charge in [-0.3, -0.25) is 4.79 Å². The summed E-state index contributed by atoms with van der Waals surface area (Å²) in [6.07, 6.45) is 1.70. The van der Waals surface area contributed by atoms with Gasteiger partial charge in [-0.2, -0.15) is 0 Å². The van der Waals surface area contributed by atoms with Crippen molar-refractivity contribution in [3.05, 3.63) is 0 Å². The van der Waals surface area contributed by atoms with E-state index in [0.29, 0.717) is 26.0 Å². The number of carbonyl (C=O) groups is 2. The molecule has 2 rings (SSSR count). The van der Waals surface area contributed by atoms with Crippen LogP contribution in [-0.4, -0.2) is 53.2 Å². The van der Waals surface area contributed by atoms with E-state index in [9.17, 15) is 9.59 Å². The molecule has 0 aromatic rings. The first-order valence-electron chi connectivity index (χ1n) is 5.45. The lowest BCUT2D eigenvalue weighted by Crippen LogP contribution is -2.58. The molecule has 0 radical (unpaired) electrons. The minimum Gasteiger partial charge on any atom is -0.480 e. The van der Waals surface area contributed by atoms with Crippen LogP contribution in [0, 0.1) is 0 Å². The van der Waals surface area contributed by atoms with Crippen LogP contribution in [0.4, 0.5) is 0 Å². The molecule has 0 bridgehead atoms. The molecule has 3 N–H and O–H groups in total. The van der Waals surface area contributed by atoms with E-state index < -0.39 is 17.6 Å². The molecule has 1 amide bonds. The Bertz CT molecular complexity index is 312. The van der Waals surface area contributed by atoms with Gasteiger partial charge in [-0.25, -0.2) is 4.79 Å². The van der Waals surface area contributed by atoms with Gasteiger partial charge in [0.05, 0.1) is 6.61 Å². The summed E-state index contributed by atoms with van der Waals surface area (Å²) >= 11 is 0. The Labute approximate surface area is 93.3 Å². The van der Waals surface area contributed by atoms with Crippen LogP contribution in [0.25, 0.3) is 0 Å². The smallest absolute Gasteiger partial charge is 0.326 e. The summed E-state index contributed by atoms with van der Waals surface area (Å²) < 4.78 is 5.12. The number of nitrogens with zero attached hydrogens (tertiary/aromatic N) is 1. The molecule has 2 aliphatic rings. The Morgan fingerprint density at radius 2 is 2.25 bits per heavy atom. The molecular weight excluding hydrogens is 212 g/mol. The first-order chi connectivity index (χ1) is 7.54. The van der Waals surface area contributed by atoms with Crippen molar-refractivity contribution in [1.82, 2.24) is 4.90 Å². The van der Waals surface area contributed by atoms with Gasteiger partial charge >= 0.3 is 5.97 Å². The molecule has 2 saturated heterocycles. The zero-order chi connectivity index (χ0) is 11.8. The van der Waals surface area contributed by atoms with Crippen molar-refractivity contribution in [2.24, 2.45) is 5.73 Å². The Hall–Kier alpha value is -1.14. The first kappa shape index (κ1) is 11.3. The predicted octanol–water partition coefficient (Wildman–Crippen LogP) is -0.820. The number of aliphatic carboxylic acids is 1. The second kappa shape index (κ2) is 4.03. The van der Waals surface area contributed by atoms with Crippen LogP contribution < -0.4 is 5.73 Å². The van der Waals surface area contributed by atoms with Gasteiger partial charge in [0.1, 0.15) is 11.6 Å². The van der Waals surface area contributed by atoms with Gasteiger partial charge in [0.25, 0.3) is 0 Å². The minimum atomic E-state index is -1.02. The molecule has 16 heavy (non-hydrogen) atoms. The molecule has 90 valence electrons. The molecular formula is C10H16N2O4. The normalized spacial score (nSPS) is 34.3. The maximum atomic E-state index is 12.1. The van der Waals surface area contributed by atoms with Crippen molar-refractivity contribution in [3.63, 3.8) is 0 Å². The number of hydrogen-bond donors (Lipinski definition) is 2. The highest BCUT2D eigenvalue weighted by atomic mass is 16.5.